The van der Waals surface area contributed by atoms with Crippen LogP contribution in [0.2, 0.25) is 0 Å². The summed E-state index contributed by atoms with van der Waals surface area (Å²) < 4.78 is 6.24. The lowest BCUT2D eigenvalue weighted by molar-refractivity contribution is -0.136. The first-order chi connectivity index (χ1) is 20.3. The van der Waals surface area contributed by atoms with Gasteiger partial charge in [-0.2, -0.15) is 0 Å². The van der Waals surface area contributed by atoms with Gasteiger partial charge in [0.05, 0.1) is 9.38 Å². The number of piperazine rings is 1. The van der Waals surface area contributed by atoms with Gasteiger partial charge < -0.3 is 19.9 Å². The zero-order valence-electron chi connectivity index (χ0n) is 22.9. The Bertz CT molecular complexity index is 1520. The van der Waals surface area contributed by atoms with Gasteiger partial charge >= 0.3 is 0 Å². The van der Waals surface area contributed by atoms with Gasteiger partial charge in [0, 0.05) is 37.6 Å². The fourth-order valence-electron chi connectivity index (χ4n) is 4.58. The monoisotopic (exact) mass is 648 g/mol. The van der Waals surface area contributed by atoms with Crippen molar-refractivity contribution in [3.05, 3.63) is 93.3 Å². The van der Waals surface area contributed by atoms with Gasteiger partial charge in [0.25, 0.3) is 17.1 Å². The molecule has 9 nitrogen and oxygen atoms in total. The normalized spacial score (nSPS) is 16.2. The van der Waals surface area contributed by atoms with E-state index in [1.807, 2.05) is 61.5 Å². The Balaban J connectivity index is 1.14. The van der Waals surface area contributed by atoms with E-state index in [0.29, 0.717) is 47.7 Å². The largest absolute Gasteiger partial charge is 0.483 e. The number of para-hydroxylation sites is 1. The number of nitrogens with one attached hydrogen (secondary N) is 1. The molecule has 0 aliphatic carbocycles. The second kappa shape index (κ2) is 13.3. The second-order valence-corrected chi connectivity index (χ2v) is 11.7. The number of amides is 4. The zero-order valence-corrected chi connectivity index (χ0v) is 25.3. The fourth-order valence-corrected chi connectivity index (χ4v) is 5.93. The van der Waals surface area contributed by atoms with Gasteiger partial charge in [-0.15, -0.1) is 0 Å². The van der Waals surface area contributed by atoms with E-state index < -0.39 is 11.1 Å². The van der Waals surface area contributed by atoms with Crippen LogP contribution in [0.5, 0.6) is 5.75 Å². The molecule has 0 bridgehead atoms. The Morgan fingerprint density at radius 2 is 1.69 bits per heavy atom. The number of aryl methyl sites for hydroxylation is 1. The standard InChI is InChI=1S/C31H29BrN4O5S/c1-21-7-10-23(11-8-21)33-28(37)20-41-26-12-9-22(17-25(26)32)18-27-30(39)36(31(40)42-27)19-29(38)35-15-13-34(14-16-35)24-5-3-2-4-6-24/h2-12,17-18H,13-16,19-20H2,1H3,(H,33,37)/b27-18+. The summed E-state index contributed by atoms with van der Waals surface area (Å²) >= 11 is 4.26. The van der Waals surface area contributed by atoms with Crippen LogP contribution in [-0.4, -0.2) is 72.1 Å². The summed E-state index contributed by atoms with van der Waals surface area (Å²) in [5, 5.41) is 2.31. The lowest BCUT2D eigenvalue weighted by Crippen LogP contribution is -2.51. The van der Waals surface area contributed by atoms with Gasteiger partial charge in [0.15, 0.2) is 6.61 Å². The highest BCUT2D eigenvalue weighted by molar-refractivity contribution is 9.10. The minimum atomic E-state index is -0.495. The molecule has 2 saturated heterocycles. The first-order valence-electron chi connectivity index (χ1n) is 13.4. The van der Waals surface area contributed by atoms with Crippen LogP contribution in [0.3, 0.4) is 0 Å². The molecule has 3 aromatic rings. The Hall–Kier alpha value is -4.09. The van der Waals surface area contributed by atoms with E-state index in [-0.39, 0.29) is 29.9 Å². The van der Waals surface area contributed by atoms with Gasteiger partial charge in [0.1, 0.15) is 12.3 Å². The Morgan fingerprint density at radius 3 is 2.38 bits per heavy atom. The van der Waals surface area contributed by atoms with Crippen LogP contribution in [0, 0.1) is 6.92 Å². The zero-order chi connectivity index (χ0) is 29.6. The average molecular weight is 650 g/mol. The van der Waals surface area contributed by atoms with Gasteiger partial charge in [-0.3, -0.25) is 24.1 Å². The van der Waals surface area contributed by atoms with E-state index >= 15 is 0 Å². The maximum atomic E-state index is 13.0. The van der Waals surface area contributed by atoms with E-state index in [4.69, 9.17) is 4.74 Å². The lowest BCUT2D eigenvalue weighted by Gasteiger charge is -2.36. The van der Waals surface area contributed by atoms with Gasteiger partial charge in [-0.05, 0) is 82.7 Å². The molecule has 0 saturated carbocycles. The second-order valence-electron chi connectivity index (χ2n) is 9.86. The van der Waals surface area contributed by atoms with E-state index in [1.165, 1.54) is 0 Å². The van der Waals surface area contributed by atoms with Crippen molar-refractivity contribution in [2.45, 2.75) is 6.92 Å². The summed E-state index contributed by atoms with van der Waals surface area (Å²) in [5.41, 5.74) is 3.55. The fraction of sp³-hybridized carbons (Fsp3) is 0.226. The van der Waals surface area contributed by atoms with Crippen LogP contribution in [0.4, 0.5) is 16.2 Å². The maximum Gasteiger partial charge on any atom is 0.294 e. The van der Waals surface area contributed by atoms with Crippen LogP contribution >= 0.6 is 27.7 Å². The summed E-state index contributed by atoms with van der Waals surface area (Å²) in [7, 11) is 0. The Kier molecular flexibility index (Phi) is 9.28. The molecule has 5 rings (SSSR count). The summed E-state index contributed by atoms with van der Waals surface area (Å²) in [4.78, 5) is 56.0. The van der Waals surface area contributed by atoms with Crippen molar-refractivity contribution < 1.29 is 23.9 Å². The molecule has 3 aromatic carbocycles. The number of hydrogen-bond donors (Lipinski definition) is 1. The molecule has 0 unspecified atom stereocenters. The molecule has 11 heteroatoms. The maximum absolute atomic E-state index is 13.0. The summed E-state index contributed by atoms with van der Waals surface area (Å²) in [6.45, 7) is 3.92. The molecule has 4 amide bonds. The molecule has 2 heterocycles. The quantitative estimate of drug-likeness (QED) is 0.337. The van der Waals surface area contributed by atoms with Crippen molar-refractivity contribution in [3.8, 4) is 5.75 Å². The van der Waals surface area contributed by atoms with Crippen molar-refractivity contribution in [1.29, 1.82) is 0 Å². The molecule has 42 heavy (non-hydrogen) atoms. The third kappa shape index (κ3) is 7.21. The topological polar surface area (TPSA) is 99.3 Å². The molecule has 2 fully saturated rings. The van der Waals surface area contributed by atoms with Gasteiger partial charge in [-0.25, -0.2) is 0 Å². The van der Waals surface area contributed by atoms with Crippen LogP contribution in [0.1, 0.15) is 11.1 Å². The lowest BCUT2D eigenvalue weighted by atomic mass is 10.2. The minimum Gasteiger partial charge on any atom is -0.483 e. The van der Waals surface area contributed by atoms with Crippen molar-refractivity contribution in [1.82, 2.24) is 9.80 Å². The molecule has 216 valence electrons. The number of halogens is 1. The van der Waals surface area contributed by atoms with Crippen molar-refractivity contribution >= 4 is 68.1 Å². The van der Waals surface area contributed by atoms with E-state index in [0.717, 1.165) is 27.9 Å². The van der Waals surface area contributed by atoms with Crippen molar-refractivity contribution in [2.24, 2.45) is 0 Å². The third-order valence-electron chi connectivity index (χ3n) is 6.87. The molecule has 1 N–H and O–H groups in total. The van der Waals surface area contributed by atoms with Crippen LogP contribution in [-0.2, 0) is 14.4 Å². The molecular weight excluding hydrogens is 620 g/mol. The third-order valence-corrected chi connectivity index (χ3v) is 8.40. The number of thioether (sulfide) groups is 1. The summed E-state index contributed by atoms with van der Waals surface area (Å²) in [5.74, 6) is -0.583. The smallest absolute Gasteiger partial charge is 0.294 e. The molecular formula is C31H29BrN4O5S. The molecule has 2 aliphatic rings. The molecule has 0 aromatic heterocycles. The Labute approximate surface area is 256 Å². The number of hydrogen-bond acceptors (Lipinski definition) is 7. The number of imide groups is 1. The van der Waals surface area contributed by atoms with Crippen LogP contribution in [0.15, 0.2) is 82.2 Å². The van der Waals surface area contributed by atoms with Gasteiger partial charge in [-0.1, -0.05) is 42.0 Å². The predicted molar refractivity (Wildman–Crippen MR) is 167 cm³/mol. The number of nitrogens with zero attached hydrogens (tertiary/aromatic N) is 3. The van der Waals surface area contributed by atoms with Crippen molar-refractivity contribution in [3.63, 3.8) is 0 Å². The summed E-state index contributed by atoms with van der Waals surface area (Å²) in [6, 6.07) is 22.6. The number of ether oxygens (including phenoxy) is 1. The van der Waals surface area contributed by atoms with Crippen molar-refractivity contribution in [2.75, 3.05) is 49.5 Å². The number of carbonyl (C=O) groups is 4. The van der Waals surface area contributed by atoms with E-state index in [9.17, 15) is 19.2 Å². The minimum absolute atomic E-state index is 0.181. The number of rotatable bonds is 8. The van der Waals surface area contributed by atoms with E-state index in [1.54, 1.807) is 29.2 Å². The molecule has 0 atom stereocenters. The molecule has 0 radical (unpaired) electrons. The first-order valence-corrected chi connectivity index (χ1v) is 15.0. The Morgan fingerprint density at radius 1 is 0.976 bits per heavy atom. The van der Waals surface area contributed by atoms with Crippen LogP contribution < -0.4 is 15.0 Å². The molecule has 0 spiro atoms. The number of anilines is 2. The SMILES string of the molecule is Cc1ccc(NC(=O)COc2ccc(/C=C3/SC(=O)N(CC(=O)N4CCN(c5ccccc5)CC4)C3=O)cc2Br)cc1. The highest BCUT2D eigenvalue weighted by Gasteiger charge is 2.37. The number of benzene rings is 3. The average Bonchev–Trinajstić information content (AvgIpc) is 3.25. The van der Waals surface area contributed by atoms with Crippen LogP contribution in [0.25, 0.3) is 6.08 Å². The van der Waals surface area contributed by atoms with Gasteiger partial charge in [0.2, 0.25) is 5.91 Å². The predicted octanol–water partition coefficient (Wildman–Crippen LogP) is 5.16. The van der Waals surface area contributed by atoms with E-state index in [2.05, 4.69) is 26.1 Å². The number of carbonyl (C=O) groups excluding carboxylic acids is 4. The highest BCUT2D eigenvalue weighted by atomic mass is 79.9. The highest BCUT2D eigenvalue weighted by Crippen LogP contribution is 2.34. The summed E-state index contributed by atoms with van der Waals surface area (Å²) in [6.07, 6.45) is 1.60. The molecule has 2 aliphatic heterocycles. The first kappa shape index (κ1) is 29.4.